The summed E-state index contributed by atoms with van der Waals surface area (Å²) in [5.74, 6) is 2.89. The first kappa shape index (κ1) is 28.7. The number of hydrogen-bond donors (Lipinski definition) is 1. The second-order valence-corrected chi connectivity index (χ2v) is 10.5. The van der Waals surface area contributed by atoms with E-state index in [9.17, 15) is 4.79 Å². The normalized spacial score (nSPS) is 15.3. The van der Waals surface area contributed by atoms with E-state index in [2.05, 4.69) is 20.3 Å². The summed E-state index contributed by atoms with van der Waals surface area (Å²) >= 11 is 0. The number of benzene rings is 1. The number of ether oxygens (including phenoxy) is 2. The Morgan fingerprint density at radius 3 is 2.62 bits per heavy atom. The molecule has 0 spiro atoms. The van der Waals surface area contributed by atoms with Gasteiger partial charge in [0, 0.05) is 75.8 Å². The molecule has 1 aliphatic rings. The number of anilines is 1. The van der Waals surface area contributed by atoms with Gasteiger partial charge in [0.2, 0.25) is 0 Å². The molecule has 4 aromatic rings. The monoisotopic (exact) mass is 567 g/mol. The van der Waals surface area contributed by atoms with Crippen molar-refractivity contribution in [3.8, 4) is 11.5 Å². The van der Waals surface area contributed by atoms with Crippen LogP contribution in [0.4, 0.5) is 10.6 Å². The van der Waals surface area contributed by atoms with Gasteiger partial charge in [-0.1, -0.05) is 6.08 Å². The molecule has 10 nitrogen and oxygen atoms in total. The number of carbonyl (C=O) groups is 1. The number of fused-ring (bicyclic) bond motifs is 2. The van der Waals surface area contributed by atoms with Crippen molar-refractivity contribution in [1.29, 1.82) is 0 Å². The molecule has 1 aliphatic heterocycles. The third kappa shape index (κ3) is 6.71. The van der Waals surface area contributed by atoms with Gasteiger partial charge in [-0.2, -0.15) is 0 Å². The number of aromatic nitrogens is 4. The van der Waals surface area contributed by atoms with E-state index in [0.717, 1.165) is 52.2 Å². The van der Waals surface area contributed by atoms with E-state index in [1.165, 1.54) is 0 Å². The van der Waals surface area contributed by atoms with E-state index in [-0.39, 0.29) is 12.1 Å². The van der Waals surface area contributed by atoms with Gasteiger partial charge in [-0.3, -0.25) is 0 Å². The van der Waals surface area contributed by atoms with Crippen molar-refractivity contribution in [1.82, 2.24) is 29.2 Å². The maximum absolute atomic E-state index is 12.3. The van der Waals surface area contributed by atoms with Gasteiger partial charge in [0.05, 0.1) is 5.52 Å². The van der Waals surface area contributed by atoms with Gasteiger partial charge >= 0.3 is 6.03 Å². The molecule has 0 atom stereocenters. The molecule has 0 bridgehead atoms. The Bertz CT molecular complexity index is 1660. The van der Waals surface area contributed by atoms with Crippen LogP contribution in [0.5, 0.6) is 11.5 Å². The molecule has 3 aromatic heterocycles. The maximum atomic E-state index is 12.3. The van der Waals surface area contributed by atoms with Gasteiger partial charge in [-0.05, 0) is 62.8 Å². The van der Waals surface area contributed by atoms with Crippen molar-refractivity contribution in [2.45, 2.75) is 39.7 Å². The minimum atomic E-state index is 0.0424. The third-order valence-electron chi connectivity index (χ3n) is 7.06. The Morgan fingerprint density at radius 2 is 1.86 bits per heavy atom. The van der Waals surface area contributed by atoms with Crippen LogP contribution in [-0.4, -0.2) is 68.5 Å². The van der Waals surface area contributed by atoms with E-state index in [1.807, 2.05) is 91.0 Å². The topological polar surface area (TPSA) is 97.1 Å². The number of carbonyl (C=O) groups excluding carboxylic acids is 1. The molecule has 0 saturated carbocycles. The highest BCUT2D eigenvalue weighted by atomic mass is 16.5. The van der Waals surface area contributed by atoms with Gasteiger partial charge in [0.1, 0.15) is 41.2 Å². The zero-order chi connectivity index (χ0) is 29.6. The van der Waals surface area contributed by atoms with Crippen molar-refractivity contribution in [3.63, 3.8) is 0 Å². The van der Waals surface area contributed by atoms with Gasteiger partial charge in [0.15, 0.2) is 0 Å². The Labute approximate surface area is 246 Å². The number of imidazole rings is 1. The molecule has 0 unspecified atom stereocenters. The van der Waals surface area contributed by atoms with Gasteiger partial charge in [-0.25, -0.2) is 19.7 Å². The summed E-state index contributed by atoms with van der Waals surface area (Å²) in [6.07, 6.45) is 14.7. The molecule has 1 N–H and O–H groups in total. The molecule has 218 valence electrons. The Balaban J connectivity index is 1.31. The zero-order valence-electron chi connectivity index (χ0n) is 24.7. The number of nitrogens with one attached hydrogen (secondary N) is 1. The molecule has 1 saturated heterocycles. The smallest absolute Gasteiger partial charge is 0.319 e. The molecular formula is C32H37N7O3. The van der Waals surface area contributed by atoms with Crippen LogP contribution in [0.15, 0.2) is 90.5 Å². The second kappa shape index (κ2) is 12.8. The summed E-state index contributed by atoms with van der Waals surface area (Å²) in [5.41, 5.74) is 3.48. The Kier molecular flexibility index (Phi) is 8.71. The predicted octanol–water partition coefficient (Wildman–Crippen LogP) is 6.05. The highest BCUT2D eigenvalue weighted by molar-refractivity contribution is 5.90. The number of piperidine rings is 1. The quantitative estimate of drug-likeness (QED) is 0.205. The number of nitrogens with zero attached hydrogens (tertiary/aromatic N) is 6. The number of amides is 2. The number of rotatable bonds is 8. The summed E-state index contributed by atoms with van der Waals surface area (Å²) in [7, 11) is 3.56. The summed E-state index contributed by atoms with van der Waals surface area (Å²) in [4.78, 5) is 29.0. The molecule has 2 amide bonds. The van der Waals surface area contributed by atoms with Crippen LogP contribution in [0.2, 0.25) is 0 Å². The Hall–Kier alpha value is -4.86. The highest BCUT2D eigenvalue weighted by Crippen LogP contribution is 2.28. The lowest BCUT2D eigenvalue weighted by Crippen LogP contribution is -2.46. The summed E-state index contributed by atoms with van der Waals surface area (Å²) in [6, 6.07) is 9.73. The van der Waals surface area contributed by atoms with E-state index in [1.54, 1.807) is 31.5 Å². The van der Waals surface area contributed by atoms with E-state index in [0.29, 0.717) is 24.7 Å². The third-order valence-corrected chi connectivity index (χ3v) is 7.06. The maximum Gasteiger partial charge on any atom is 0.319 e. The SMILES string of the molecule is C\C=C/C(Oc1ccn2ccnc2c1)=C(C)\C=C(/C)Nc1ncnc2ccc(OC3CCN(C(=O)N(C)C)CC3)cc12. The number of allylic oxidation sites excluding steroid dienone is 5. The first-order valence-corrected chi connectivity index (χ1v) is 14.1. The molecule has 5 rings (SSSR count). The van der Waals surface area contributed by atoms with E-state index >= 15 is 0 Å². The number of hydrogen-bond acceptors (Lipinski definition) is 7. The molecule has 0 aliphatic carbocycles. The molecule has 1 aromatic carbocycles. The average Bonchev–Trinajstić information content (AvgIpc) is 3.45. The fourth-order valence-corrected chi connectivity index (χ4v) is 4.95. The fraction of sp³-hybridized carbons (Fsp3) is 0.312. The van der Waals surface area contributed by atoms with Crippen LogP contribution in [0.25, 0.3) is 16.6 Å². The summed E-state index contributed by atoms with van der Waals surface area (Å²) in [5, 5.41) is 4.30. The largest absolute Gasteiger partial charge is 0.490 e. The lowest BCUT2D eigenvalue weighted by Gasteiger charge is -2.33. The van der Waals surface area contributed by atoms with E-state index in [4.69, 9.17) is 9.47 Å². The summed E-state index contributed by atoms with van der Waals surface area (Å²) < 4.78 is 14.5. The minimum absolute atomic E-state index is 0.0424. The molecule has 10 heteroatoms. The van der Waals surface area contributed by atoms with Crippen molar-refractivity contribution < 1.29 is 14.3 Å². The van der Waals surface area contributed by atoms with Gasteiger partial charge in [0.25, 0.3) is 0 Å². The van der Waals surface area contributed by atoms with Crippen molar-refractivity contribution in [2.24, 2.45) is 0 Å². The highest BCUT2D eigenvalue weighted by Gasteiger charge is 2.25. The average molecular weight is 568 g/mol. The van der Waals surface area contributed by atoms with Crippen molar-refractivity contribution in [3.05, 3.63) is 90.5 Å². The van der Waals surface area contributed by atoms with Crippen LogP contribution in [0.1, 0.15) is 33.6 Å². The van der Waals surface area contributed by atoms with Crippen LogP contribution in [0, 0.1) is 0 Å². The lowest BCUT2D eigenvalue weighted by atomic mass is 10.1. The first-order valence-electron chi connectivity index (χ1n) is 14.1. The van der Waals surface area contributed by atoms with Gasteiger partial charge < -0.3 is 29.0 Å². The second-order valence-electron chi connectivity index (χ2n) is 10.5. The summed E-state index contributed by atoms with van der Waals surface area (Å²) in [6.45, 7) is 7.32. The number of likely N-dealkylation sites (tertiary alicyclic amines) is 1. The number of pyridine rings is 1. The van der Waals surface area contributed by atoms with Crippen molar-refractivity contribution >= 4 is 28.4 Å². The van der Waals surface area contributed by atoms with Gasteiger partial charge in [-0.15, -0.1) is 0 Å². The van der Waals surface area contributed by atoms with Crippen LogP contribution >= 0.6 is 0 Å². The standard InChI is InChI=1S/C32H37N7O3/c1-6-7-29(42-26-12-14-38-17-13-33-30(38)20-26)22(2)18-23(3)36-31-27-19-25(8-9-28(27)34-21-35-31)41-24-10-15-39(16-11-24)32(40)37(4)5/h6-9,12-14,17-21,24H,10-11,15-16H2,1-5H3,(H,34,35,36)/b7-6-,23-18+,29-22+. The van der Waals surface area contributed by atoms with Crippen LogP contribution in [-0.2, 0) is 0 Å². The first-order chi connectivity index (χ1) is 20.3. The lowest BCUT2D eigenvalue weighted by molar-refractivity contribution is 0.101. The fourth-order valence-electron chi connectivity index (χ4n) is 4.95. The van der Waals surface area contributed by atoms with E-state index < -0.39 is 0 Å². The minimum Gasteiger partial charge on any atom is -0.490 e. The van der Waals surface area contributed by atoms with Crippen LogP contribution in [0.3, 0.4) is 0 Å². The molecular weight excluding hydrogens is 530 g/mol. The molecule has 42 heavy (non-hydrogen) atoms. The molecule has 1 fully saturated rings. The van der Waals surface area contributed by atoms with Crippen molar-refractivity contribution in [2.75, 3.05) is 32.5 Å². The zero-order valence-corrected chi connectivity index (χ0v) is 24.7. The predicted molar refractivity (Wildman–Crippen MR) is 165 cm³/mol. The Morgan fingerprint density at radius 1 is 1.05 bits per heavy atom. The van der Waals surface area contributed by atoms with Crippen LogP contribution < -0.4 is 14.8 Å². The number of urea groups is 1. The molecule has 0 radical (unpaired) electrons. The molecule has 4 heterocycles.